The smallest absolute Gasteiger partial charge is 0.253 e. The summed E-state index contributed by atoms with van der Waals surface area (Å²) in [6.07, 6.45) is 3.74. The Balaban J connectivity index is 1.80. The second-order valence-corrected chi connectivity index (χ2v) is 4.64. The van der Waals surface area contributed by atoms with Gasteiger partial charge >= 0.3 is 0 Å². The van der Waals surface area contributed by atoms with Gasteiger partial charge in [-0.15, -0.1) is 0 Å². The van der Waals surface area contributed by atoms with Crippen LogP contribution in [0, 0.1) is 0 Å². The predicted molar refractivity (Wildman–Crippen MR) is 80.9 cm³/mol. The molecule has 0 amide bonds. The fourth-order valence-electron chi connectivity index (χ4n) is 1.69. The van der Waals surface area contributed by atoms with Gasteiger partial charge in [0.1, 0.15) is 10.7 Å². The number of hydrogen-bond donors (Lipinski definition) is 1. The fraction of sp³-hybridized carbons (Fsp3) is 0.214. The Morgan fingerprint density at radius 1 is 1.30 bits per heavy atom. The molecule has 0 fully saturated rings. The quantitative estimate of drug-likeness (QED) is 0.642. The number of hydrogen-bond acceptors (Lipinski definition) is 4. The van der Waals surface area contributed by atoms with Crippen LogP contribution < -0.4 is 16.0 Å². The summed E-state index contributed by atoms with van der Waals surface area (Å²) in [7, 11) is 0. The minimum absolute atomic E-state index is 0.0548. The van der Waals surface area contributed by atoms with E-state index in [1.807, 2.05) is 24.3 Å². The molecule has 1 aromatic carbocycles. The van der Waals surface area contributed by atoms with E-state index >= 15 is 0 Å². The normalized spacial score (nSPS) is 10.2. The standard InChI is InChI=1S/C14H15N3O2S/c15-14(20)11-2-4-12(5-3-11)19-9-1-8-17-10-16-7-6-13(17)18/h2-7,10H,1,8-9H2,(H2,15,20). The average molecular weight is 289 g/mol. The van der Waals surface area contributed by atoms with Crippen molar-refractivity contribution in [3.63, 3.8) is 0 Å². The first-order valence-electron chi connectivity index (χ1n) is 6.20. The molecule has 2 aromatic rings. The van der Waals surface area contributed by atoms with Gasteiger partial charge in [0.25, 0.3) is 5.56 Å². The van der Waals surface area contributed by atoms with Gasteiger partial charge in [0.2, 0.25) is 0 Å². The monoisotopic (exact) mass is 289 g/mol. The first-order valence-corrected chi connectivity index (χ1v) is 6.61. The fourth-order valence-corrected chi connectivity index (χ4v) is 1.82. The van der Waals surface area contributed by atoms with E-state index in [0.717, 1.165) is 17.7 Å². The van der Waals surface area contributed by atoms with Crippen molar-refractivity contribution in [2.24, 2.45) is 5.73 Å². The van der Waals surface area contributed by atoms with Crippen LogP contribution in [0.1, 0.15) is 12.0 Å². The molecule has 1 aromatic heterocycles. The number of aryl methyl sites for hydroxylation is 1. The van der Waals surface area contributed by atoms with E-state index in [0.29, 0.717) is 18.1 Å². The van der Waals surface area contributed by atoms with Crippen molar-refractivity contribution in [1.29, 1.82) is 0 Å². The zero-order valence-electron chi connectivity index (χ0n) is 10.9. The number of benzene rings is 1. The van der Waals surface area contributed by atoms with Crippen LogP contribution in [0.5, 0.6) is 5.75 Å². The number of aromatic nitrogens is 2. The molecule has 104 valence electrons. The van der Waals surface area contributed by atoms with E-state index in [-0.39, 0.29) is 5.56 Å². The predicted octanol–water partition coefficient (Wildman–Crippen LogP) is 1.35. The molecular weight excluding hydrogens is 274 g/mol. The highest BCUT2D eigenvalue weighted by atomic mass is 32.1. The Morgan fingerprint density at radius 2 is 2.05 bits per heavy atom. The second kappa shape index (κ2) is 6.81. The first kappa shape index (κ1) is 14.2. The summed E-state index contributed by atoms with van der Waals surface area (Å²) in [6.45, 7) is 1.10. The van der Waals surface area contributed by atoms with Gasteiger partial charge in [0.05, 0.1) is 12.9 Å². The molecule has 6 heteroatoms. The summed E-state index contributed by atoms with van der Waals surface area (Å²) < 4.78 is 7.14. The van der Waals surface area contributed by atoms with E-state index in [4.69, 9.17) is 22.7 Å². The van der Waals surface area contributed by atoms with Gasteiger partial charge < -0.3 is 10.5 Å². The Hall–Kier alpha value is -2.21. The molecule has 0 bridgehead atoms. The number of ether oxygens (including phenoxy) is 1. The van der Waals surface area contributed by atoms with E-state index < -0.39 is 0 Å². The van der Waals surface area contributed by atoms with Gasteiger partial charge in [0.15, 0.2) is 0 Å². The third kappa shape index (κ3) is 3.89. The van der Waals surface area contributed by atoms with Gasteiger partial charge in [-0.3, -0.25) is 9.36 Å². The summed E-state index contributed by atoms with van der Waals surface area (Å²) in [5.41, 5.74) is 6.28. The van der Waals surface area contributed by atoms with Crippen LogP contribution in [0.25, 0.3) is 0 Å². The van der Waals surface area contributed by atoms with Crippen LogP contribution in [0.3, 0.4) is 0 Å². The SMILES string of the molecule is NC(=S)c1ccc(OCCCn2cnccc2=O)cc1. The van der Waals surface area contributed by atoms with Crippen molar-refractivity contribution in [3.8, 4) is 5.75 Å². The lowest BCUT2D eigenvalue weighted by Gasteiger charge is -2.08. The molecule has 2 N–H and O–H groups in total. The summed E-state index contributed by atoms with van der Waals surface area (Å²) in [6, 6.07) is 8.73. The van der Waals surface area contributed by atoms with Crippen molar-refractivity contribution in [2.45, 2.75) is 13.0 Å². The number of nitrogens with zero attached hydrogens (tertiary/aromatic N) is 2. The Bertz CT molecular complexity index is 637. The summed E-state index contributed by atoms with van der Waals surface area (Å²) in [4.78, 5) is 15.7. The third-order valence-corrected chi connectivity index (χ3v) is 2.98. The van der Waals surface area contributed by atoms with Crippen molar-refractivity contribution < 1.29 is 4.74 Å². The molecule has 0 unspecified atom stereocenters. The van der Waals surface area contributed by atoms with E-state index in [2.05, 4.69) is 4.98 Å². The molecule has 20 heavy (non-hydrogen) atoms. The molecule has 1 heterocycles. The molecule has 0 aliphatic rings. The number of thiocarbonyl (C=S) groups is 1. The topological polar surface area (TPSA) is 70.1 Å². The van der Waals surface area contributed by atoms with Crippen molar-refractivity contribution in [2.75, 3.05) is 6.61 Å². The molecule has 0 atom stereocenters. The molecule has 0 saturated heterocycles. The van der Waals surface area contributed by atoms with Crippen LogP contribution in [-0.2, 0) is 6.54 Å². The van der Waals surface area contributed by atoms with Crippen LogP contribution in [-0.4, -0.2) is 21.1 Å². The Kier molecular flexibility index (Phi) is 4.84. The van der Waals surface area contributed by atoms with Crippen molar-refractivity contribution in [1.82, 2.24) is 9.55 Å². The van der Waals surface area contributed by atoms with Crippen molar-refractivity contribution in [3.05, 3.63) is 58.8 Å². The third-order valence-electron chi connectivity index (χ3n) is 2.74. The maximum Gasteiger partial charge on any atom is 0.253 e. The van der Waals surface area contributed by atoms with Gasteiger partial charge in [-0.25, -0.2) is 4.98 Å². The lowest BCUT2D eigenvalue weighted by Crippen LogP contribution is -2.19. The molecule has 0 aliphatic carbocycles. The highest BCUT2D eigenvalue weighted by Gasteiger charge is 1.99. The van der Waals surface area contributed by atoms with E-state index in [9.17, 15) is 4.79 Å². The zero-order valence-corrected chi connectivity index (χ0v) is 11.7. The van der Waals surface area contributed by atoms with Crippen LogP contribution in [0.15, 0.2) is 47.7 Å². The van der Waals surface area contributed by atoms with E-state index in [1.165, 1.54) is 18.6 Å². The Labute approximate surface area is 122 Å². The number of rotatable bonds is 6. The van der Waals surface area contributed by atoms with E-state index in [1.54, 1.807) is 4.57 Å². The largest absolute Gasteiger partial charge is 0.494 e. The highest BCUT2D eigenvalue weighted by Crippen LogP contribution is 2.12. The maximum atomic E-state index is 11.4. The molecular formula is C14H15N3O2S. The van der Waals surface area contributed by atoms with Crippen LogP contribution >= 0.6 is 12.2 Å². The minimum Gasteiger partial charge on any atom is -0.494 e. The molecule has 5 nitrogen and oxygen atoms in total. The van der Waals surface area contributed by atoms with Gasteiger partial charge in [-0.1, -0.05) is 12.2 Å². The van der Waals surface area contributed by atoms with Gasteiger partial charge in [0, 0.05) is 24.4 Å². The summed E-state index contributed by atoms with van der Waals surface area (Å²) >= 11 is 4.88. The van der Waals surface area contributed by atoms with Gasteiger partial charge in [-0.05, 0) is 30.7 Å². The maximum absolute atomic E-state index is 11.4. The van der Waals surface area contributed by atoms with Gasteiger partial charge in [-0.2, -0.15) is 0 Å². The highest BCUT2D eigenvalue weighted by molar-refractivity contribution is 7.80. The second-order valence-electron chi connectivity index (χ2n) is 4.20. The lowest BCUT2D eigenvalue weighted by atomic mass is 10.2. The van der Waals surface area contributed by atoms with Crippen molar-refractivity contribution >= 4 is 17.2 Å². The first-order chi connectivity index (χ1) is 9.66. The lowest BCUT2D eigenvalue weighted by molar-refractivity contribution is 0.300. The molecule has 0 radical (unpaired) electrons. The molecule has 2 rings (SSSR count). The van der Waals surface area contributed by atoms with Crippen LogP contribution in [0.2, 0.25) is 0 Å². The minimum atomic E-state index is -0.0548. The zero-order chi connectivity index (χ0) is 14.4. The van der Waals surface area contributed by atoms with Crippen LogP contribution in [0.4, 0.5) is 0 Å². The summed E-state index contributed by atoms with van der Waals surface area (Å²) in [5.74, 6) is 0.753. The number of nitrogens with two attached hydrogens (primary N) is 1. The Morgan fingerprint density at radius 3 is 2.70 bits per heavy atom. The summed E-state index contributed by atoms with van der Waals surface area (Å²) in [5, 5.41) is 0. The average Bonchev–Trinajstić information content (AvgIpc) is 2.46. The molecule has 0 spiro atoms. The molecule has 0 saturated carbocycles. The molecule has 0 aliphatic heterocycles.